The lowest BCUT2D eigenvalue weighted by atomic mass is 9.75. The number of carboxylic acid groups (broad SMARTS) is 1. The normalized spacial score (nSPS) is 21.5. The third kappa shape index (κ3) is 1.29. The molecular weight excluding hydrogens is 130 g/mol. The number of amides is 1. The molecule has 1 aliphatic carbocycles. The van der Waals surface area contributed by atoms with E-state index in [1.165, 1.54) is 0 Å². The highest BCUT2D eigenvalue weighted by Crippen LogP contribution is 2.35. The Balaban J connectivity index is 2.41. The Hall–Kier alpha value is -0.990. The van der Waals surface area contributed by atoms with Gasteiger partial charge in [0.05, 0.1) is 0 Å². The minimum absolute atomic E-state index is 0.233. The Morgan fingerprint density at radius 2 is 2.30 bits per heavy atom. The van der Waals surface area contributed by atoms with Crippen LogP contribution in [-0.4, -0.2) is 16.7 Å². The first-order valence-electron chi connectivity index (χ1n) is 3.20. The fraction of sp³-hybridized carbons (Fsp3) is 0.571. The van der Waals surface area contributed by atoms with E-state index in [0.717, 1.165) is 18.4 Å². The van der Waals surface area contributed by atoms with E-state index in [1.54, 1.807) is 0 Å². The smallest absolute Gasteiger partial charge is 0.405 e. The van der Waals surface area contributed by atoms with Crippen LogP contribution in [0, 0.1) is 0 Å². The predicted octanol–water partition coefficient (Wildman–Crippen LogP) is 1.36. The van der Waals surface area contributed by atoms with Crippen LogP contribution in [0.25, 0.3) is 0 Å². The fourth-order valence-corrected chi connectivity index (χ4v) is 1.40. The summed E-state index contributed by atoms with van der Waals surface area (Å²) in [5.41, 5.74) is 0.888. The Labute approximate surface area is 59.7 Å². The van der Waals surface area contributed by atoms with Gasteiger partial charge in [0, 0.05) is 5.54 Å². The van der Waals surface area contributed by atoms with E-state index in [-0.39, 0.29) is 5.54 Å². The Kier molecular flexibility index (Phi) is 1.43. The molecule has 0 radical (unpaired) electrons. The van der Waals surface area contributed by atoms with Gasteiger partial charge in [-0.15, -0.1) is 0 Å². The van der Waals surface area contributed by atoms with E-state index >= 15 is 0 Å². The molecule has 2 N–H and O–H groups in total. The van der Waals surface area contributed by atoms with E-state index in [4.69, 9.17) is 5.11 Å². The van der Waals surface area contributed by atoms with Crippen molar-refractivity contribution in [1.82, 2.24) is 5.32 Å². The Morgan fingerprint density at radius 1 is 1.80 bits per heavy atom. The third-order valence-electron chi connectivity index (χ3n) is 1.69. The van der Waals surface area contributed by atoms with Crippen LogP contribution in [0.2, 0.25) is 0 Å². The lowest BCUT2D eigenvalue weighted by Crippen LogP contribution is -2.51. The largest absolute Gasteiger partial charge is 0.465 e. The lowest BCUT2D eigenvalue weighted by molar-refractivity contribution is 0.171. The molecule has 1 fully saturated rings. The molecule has 0 aromatic heterocycles. The van der Waals surface area contributed by atoms with Crippen molar-refractivity contribution in [2.24, 2.45) is 0 Å². The number of carbonyl (C=O) groups is 1. The maximum atomic E-state index is 10.2. The summed E-state index contributed by atoms with van der Waals surface area (Å²) in [4.78, 5) is 10.2. The second-order valence-electron chi connectivity index (χ2n) is 3.09. The van der Waals surface area contributed by atoms with Crippen molar-refractivity contribution < 1.29 is 9.90 Å². The molecule has 0 saturated heterocycles. The number of rotatable bonds is 1. The molecule has 1 aliphatic rings. The molecule has 1 amide bonds. The van der Waals surface area contributed by atoms with Gasteiger partial charge in [0.25, 0.3) is 0 Å². The second kappa shape index (κ2) is 2.01. The van der Waals surface area contributed by atoms with Crippen molar-refractivity contribution in [3.8, 4) is 0 Å². The van der Waals surface area contributed by atoms with Crippen LogP contribution in [0.3, 0.4) is 0 Å². The molecule has 0 unspecified atom stereocenters. The van der Waals surface area contributed by atoms with Crippen LogP contribution < -0.4 is 5.32 Å². The summed E-state index contributed by atoms with van der Waals surface area (Å²) in [6.07, 6.45) is 0.605. The highest BCUT2D eigenvalue weighted by molar-refractivity contribution is 5.66. The quantitative estimate of drug-likeness (QED) is 0.542. The lowest BCUT2D eigenvalue weighted by Gasteiger charge is -2.39. The van der Waals surface area contributed by atoms with Crippen molar-refractivity contribution >= 4 is 6.09 Å². The molecule has 10 heavy (non-hydrogen) atoms. The highest BCUT2D eigenvalue weighted by atomic mass is 16.4. The first kappa shape index (κ1) is 7.12. The van der Waals surface area contributed by atoms with Gasteiger partial charge in [-0.2, -0.15) is 0 Å². The van der Waals surface area contributed by atoms with E-state index < -0.39 is 6.09 Å². The molecule has 0 aromatic carbocycles. The van der Waals surface area contributed by atoms with Gasteiger partial charge in [0.15, 0.2) is 0 Å². The molecule has 1 saturated carbocycles. The molecule has 0 spiro atoms. The van der Waals surface area contributed by atoms with Crippen LogP contribution in [0.5, 0.6) is 0 Å². The average molecular weight is 141 g/mol. The van der Waals surface area contributed by atoms with E-state index in [9.17, 15) is 4.79 Å². The molecule has 1 rings (SSSR count). The molecule has 0 atom stereocenters. The van der Waals surface area contributed by atoms with Crippen LogP contribution in [0.15, 0.2) is 12.2 Å². The van der Waals surface area contributed by atoms with Gasteiger partial charge in [0.2, 0.25) is 0 Å². The maximum Gasteiger partial charge on any atom is 0.405 e. The second-order valence-corrected chi connectivity index (χ2v) is 3.09. The highest BCUT2D eigenvalue weighted by Gasteiger charge is 2.35. The zero-order valence-electron chi connectivity index (χ0n) is 5.98. The summed E-state index contributed by atoms with van der Waals surface area (Å²) < 4.78 is 0. The minimum Gasteiger partial charge on any atom is -0.465 e. The Morgan fingerprint density at radius 3 is 2.60 bits per heavy atom. The summed E-state index contributed by atoms with van der Waals surface area (Å²) >= 11 is 0. The van der Waals surface area contributed by atoms with Crippen LogP contribution in [0.4, 0.5) is 4.79 Å². The minimum atomic E-state index is -0.949. The van der Waals surface area contributed by atoms with Crippen molar-refractivity contribution in [1.29, 1.82) is 0 Å². The number of hydrogen-bond acceptors (Lipinski definition) is 1. The SMILES string of the molecule is C=C1CC(C)(NC(=O)O)C1. The van der Waals surface area contributed by atoms with Gasteiger partial charge in [0.1, 0.15) is 0 Å². The molecule has 56 valence electrons. The summed E-state index contributed by atoms with van der Waals surface area (Å²) in [6, 6.07) is 0. The summed E-state index contributed by atoms with van der Waals surface area (Å²) in [5, 5.41) is 10.8. The van der Waals surface area contributed by atoms with E-state index in [2.05, 4.69) is 11.9 Å². The molecule has 0 aliphatic heterocycles. The van der Waals surface area contributed by atoms with Gasteiger partial charge < -0.3 is 10.4 Å². The zero-order valence-corrected chi connectivity index (χ0v) is 5.98. The first-order valence-corrected chi connectivity index (χ1v) is 3.20. The molecular formula is C7H11NO2. The van der Waals surface area contributed by atoms with Gasteiger partial charge in [-0.25, -0.2) is 4.79 Å². The van der Waals surface area contributed by atoms with Crippen molar-refractivity contribution in [3.05, 3.63) is 12.2 Å². The Bertz CT molecular complexity index is 178. The van der Waals surface area contributed by atoms with Crippen LogP contribution in [0.1, 0.15) is 19.8 Å². The number of nitrogens with one attached hydrogen (secondary N) is 1. The summed E-state index contributed by atoms with van der Waals surface area (Å²) in [7, 11) is 0. The molecule has 3 nitrogen and oxygen atoms in total. The predicted molar refractivity (Wildman–Crippen MR) is 37.9 cm³/mol. The average Bonchev–Trinajstić information content (AvgIpc) is 1.57. The summed E-state index contributed by atoms with van der Waals surface area (Å²) in [5.74, 6) is 0. The van der Waals surface area contributed by atoms with Crippen LogP contribution in [-0.2, 0) is 0 Å². The van der Waals surface area contributed by atoms with Gasteiger partial charge in [-0.3, -0.25) is 0 Å². The number of hydrogen-bond donors (Lipinski definition) is 2. The monoisotopic (exact) mass is 141 g/mol. The molecule has 0 bridgehead atoms. The molecule has 3 heteroatoms. The first-order chi connectivity index (χ1) is 4.52. The van der Waals surface area contributed by atoms with E-state index in [0.29, 0.717) is 0 Å². The maximum absolute atomic E-state index is 10.2. The van der Waals surface area contributed by atoms with Gasteiger partial charge >= 0.3 is 6.09 Å². The topological polar surface area (TPSA) is 49.3 Å². The van der Waals surface area contributed by atoms with Crippen LogP contribution >= 0.6 is 0 Å². The zero-order chi connectivity index (χ0) is 7.78. The standard InChI is InChI=1S/C7H11NO2/c1-5-3-7(2,4-5)8-6(9)10/h8H,1,3-4H2,2H3,(H,9,10). The molecule has 0 aromatic rings. The van der Waals surface area contributed by atoms with E-state index in [1.807, 2.05) is 6.92 Å². The third-order valence-corrected chi connectivity index (χ3v) is 1.69. The van der Waals surface area contributed by atoms with Crippen molar-refractivity contribution in [2.75, 3.05) is 0 Å². The van der Waals surface area contributed by atoms with Crippen molar-refractivity contribution in [2.45, 2.75) is 25.3 Å². The fourth-order valence-electron chi connectivity index (χ4n) is 1.40. The summed E-state index contributed by atoms with van der Waals surface area (Å²) in [6.45, 7) is 5.61. The van der Waals surface area contributed by atoms with Gasteiger partial charge in [-0.05, 0) is 19.8 Å². The molecule has 0 heterocycles. The van der Waals surface area contributed by atoms with Gasteiger partial charge in [-0.1, -0.05) is 12.2 Å². The van der Waals surface area contributed by atoms with Crippen molar-refractivity contribution in [3.63, 3.8) is 0 Å².